The quantitative estimate of drug-likeness (QED) is 0.425. The summed E-state index contributed by atoms with van der Waals surface area (Å²) in [5.41, 5.74) is 0.866. The number of benzene rings is 1. The lowest BCUT2D eigenvalue weighted by Gasteiger charge is -2.22. The monoisotopic (exact) mass is 525 g/mol. The van der Waals surface area contributed by atoms with Crippen molar-refractivity contribution < 1.29 is 28.1 Å². The second-order valence-electron chi connectivity index (χ2n) is 9.10. The molecule has 0 saturated carbocycles. The molecule has 1 unspecified atom stereocenters. The number of hydrogen-bond donors (Lipinski definition) is 1. The third-order valence-electron chi connectivity index (χ3n) is 5.17. The second-order valence-corrected chi connectivity index (χ2v) is 9.10. The minimum absolute atomic E-state index is 0.0819. The highest BCUT2D eigenvalue weighted by Crippen LogP contribution is 2.39. The molecule has 10 nitrogen and oxygen atoms in total. The Bertz CT molecular complexity index is 1340. The van der Waals surface area contributed by atoms with Gasteiger partial charge in [0.1, 0.15) is 48.2 Å². The Kier molecular flexibility index (Phi) is 8.78. The highest BCUT2D eigenvalue weighted by Gasteiger charge is 2.25. The van der Waals surface area contributed by atoms with Crippen LogP contribution < -0.4 is 19.5 Å². The van der Waals surface area contributed by atoms with E-state index in [0.717, 1.165) is 0 Å². The summed E-state index contributed by atoms with van der Waals surface area (Å²) in [5, 5.41) is 16.7. The van der Waals surface area contributed by atoms with Gasteiger partial charge in [-0.05, 0) is 52.0 Å². The number of anilines is 1. The lowest BCUT2D eigenvalue weighted by Crippen LogP contribution is -2.27. The smallest absolute Gasteiger partial charge is 0.413 e. The molecular weight excluding hydrogens is 493 g/mol. The van der Waals surface area contributed by atoms with Gasteiger partial charge in [0.05, 0.1) is 5.56 Å². The van der Waals surface area contributed by atoms with Crippen molar-refractivity contribution in [2.24, 2.45) is 7.05 Å². The fourth-order valence-electron chi connectivity index (χ4n) is 3.67. The van der Waals surface area contributed by atoms with E-state index in [1.807, 2.05) is 13.8 Å². The minimum Gasteiger partial charge on any atom is -0.490 e. The zero-order valence-corrected chi connectivity index (χ0v) is 22.6. The van der Waals surface area contributed by atoms with Crippen LogP contribution in [-0.2, 0) is 11.8 Å². The first-order valence-corrected chi connectivity index (χ1v) is 12.2. The molecule has 2 aromatic heterocycles. The Balaban J connectivity index is 0.00000195. The van der Waals surface area contributed by atoms with E-state index in [-0.39, 0.29) is 36.4 Å². The molecule has 0 spiro atoms. The largest absolute Gasteiger partial charge is 0.490 e. The molecule has 38 heavy (non-hydrogen) atoms. The van der Waals surface area contributed by atoms with Crippen LogP contribution in [0.2, 0.25) is 0 Å². The number of nitrogens with zero attached hydrogens (tertiary/aromatic N) is 4. The van der Waals surface area contributed by atoms with Crippen molar-refractivity contribution in [1.29, 1.82) is 5.26 Å². The van der Waals surface area contributed by atoms with Crippen molar-refractivity contribution in [2.75, 3.05) is 18.5 Å². The van der Waals surface area contributed by atoms with Crippen molar-refractivity contribution in [3.63, 3.8) is 0 Å². The molecular formula is C27H32FN5O5. The van der Waals surface area contributed by atoms with Crippen molar-refractivity contribution >= 4 is 11.9 Å². The molecule has 1 N–H and O–H groups in total. The van der Waals surface area contributed by atoms with Crippen LogP contribution >= 0.6 is 0 Å². The van der Waals surface area contributed by atoms with E-state index >= 15 is 0 Å². The summed E-state index contributed by atoms with van der Waals surface area (Å²) in [4.78, 5) is 16.8. The molecule has 2 bridgehead atoms. The van der Waals surface area contributed by atoms with E-state index in [0.29, 0.717) is 22.4 Å². The van der Waals surface area contributed by atoms with Crippen LogP contribution in [0.15, 0.2) is 30.5 Å². The van der Waals surface area contributed by atoms with Gasteiger partial charge < -0.3 is 18.9 Å². The van der Waals surface area contributed by atoms with Crippen LogP contribution in [0.5, 0.6) is 17.4 Å². The Hall–Kier alpha value is -4.33. The molecule has 1 amide bonds. The lowest BCUT2D eigenvalue weighted by atomic mass is 10.1. The summed E-state index contributed by atoms with van der Waals surface area (Å²) < 4.78 is 38.7. The first-order valence-electron chi connectivity index (χ1n) is 12.2. The number of rotatable bonds is 1. The maximum atomic E-state index is 14.1. The molecule has 0 saturated heterocycles. The molecule has 1 aliphatic heterocycles. The molecule has 202 valence electrons. The minimum atomic E-state index is -0.731. The zero-order chi connectivity index (χ0) is 28.0. The molecule has 0 aliphatic carbocycles. The second kappa shape index (κ2) is 11.8. The molecule has 3 aromatic rings. The topological polar surface area (TPSA) is 121 Å². The Morgan fingerprint density at radius 2 is 1.92 bits per heavy atom. The van der Waals surface area contributed by atoms with Gasteiger partial charge in [0.25, 0.3) is 0 Å². The number of carbonyl (C=O) groups is 1. The number of pyridine rings is 1. The number of nitrogens with one attached hydrogen (secondary N) is 1. The molecule has 4 rings (SSSR count). The summed E-state index contributed by atoms with van der Waals surface area (Å²) in [5.74, 6) is 0.418. The van der Waals surface area contributed by atoms with Crippen molar-refractivity contribution in [3.8, 4) is 34.6 Å². The molecule has 11 heteroatoms. The molecule has 1 aromatic carbocycles. The average molecular weight is 526 g/mol. The summed E-state index contributed by atoms with van der Waals surface area (Å²) in [7, 11) is 1.63. The maximum absolute atomic E-state index is 14.1. The van der Waals surface area contributed by atoms with E-state index in [4.69, 9.17) is 18.9 Å². The van der Waals surface area contributed by atoms with Gasteiger partial charge in [0.15, 0.2) is 11.6 Å². The van der Waals surface area contributed by atoms with Gasteiger partial charge in [-0.25, -0.2) is 14.2 Å². The predicted octanol–water partition coefficient (Wildman–Crippen LogP) is 5.78. The number of fused-ring (bicyclic) bond motifs is 5. The van der Waals surface area contributed by atoms with Crippen LogP contribution in [-0.4, -0.2) is 39.7 Å². The third kappa shape index (κ3) is 6.51. The SMILES string of the molecule is CC.CC1Oc2cc(cnc2NC(=O)OC(C)(C)C)-c2c(nn(C)c2C#N)OCCOc2ccc(F)cc21. The van der Waals surface area contributed by atoms with Gasteiger partial charge in [-0.15, -0.1) is 5.10 Å². The number of nitriles is 1. The number of ether oxygens (including phenoxy) is 4. The van der Waals surface area contributed by atoms with E-state index in [2.05, 4.69) is 21.5 Å². The highest BCUT2D eigenvalue weighted by atomic mass is 19.1. The van der Waals surface area contributed by atoms with Gasteiger partial charge in [0, 0.05) is 24.4 Å². The van der Waals surface area contributed by atoms with Crippen LogP contribution in [0.1, 0.15) is 58.9 Å². The number of aromatic nitrogens is 3. The summed E-state index contributed by atoms with van der Waals surface area (Å²) >= 11 is 0. The van der Waals surface area contributed by atoms with Crippen molar-refractivity contribution in [1.82, 2.24) is 14.8 Å². The molecule has 1 atom stereocenters. The Labute approximate surface area is 221 Å². The van der Waals surface area contributed by atoms with E-state index in [1.54, 1.807) is 40.8 Å². The van der Waals surface area contributed by atoms with Crippen molar-refractivity contribution in [3.05, 3.63) is 47.5 Å². The third-order valence-corrected chi connectivity index (χ3v) is 5.17. The maximum Gasteiger partial charge on any atom is 0.413 e. The van der Waals surface area contributed by atoms with Gasteiger partial charge in [-0.1, -0.05) is 13.8 Å². The standard InChI is InChI=1S/C25H26FN5O5.C2H6/c1-14-17-11-16(26)6-7-19(17)33-8-9-34-23-21(18(12-27)31(5)30-23)15-10-20(35-14)22(28-13-15)29-24(32)36-25(2,3)4;1-2/h6-7,10-11,13-14H,8-9H2,1-5H3,(H,28,29,32);1-2H3. The Morgan fingerprint density at radius 1 is 1.21 bits per heavy atom. The van der Waals surface area contributed by atoms with E-state index < -0.39 is 23.6 Å². The van der Waals surface area contributed by atoms with Crippen LogP contribution in [0.25, 0.3) is 11.1 Å². The van der Waals surface area contributed by atoms with Gasteiger partial charge in [-0.3, -0.25) is 10.00 Å². The van der Waals surface area contributed by atoms with Crippen LogP contribution in [0.3, 0.4) is 0 Å². The van der Waals surface area contributed by atoms with Gasteiger partial charge in [-0.2, -0.15) is 5.26 Å². The van der Waals surface area contributed by atoms with E-state index in [9.17, 15) is 14.4 Å². The first kappa shape index (κ1) is 28.2. The fourth-order valence-corrected chi connectivity index (χ4v) is 3.67. The highest BCUT2D eigenvalue weighted by molar-refractivity contribution is 5.86. The first-order chi connectivity index (χ1) is 18.1. The summed E-state index contributed by atoms with van der Waals surface area (Å²) in [6.07, 6.45) is 0.0482. The van der Waals surface area contributed by atoms with Gasteiger partial charge in [0.2, 0.25) is 5.88 Å². The summed E-state index contributed by atoms with van der Waals surface area (Å²) in [6.45, 7) is 11.2. The number of carbonyl (C=O) groups excluding carboxylic acids is 1. The fraction of sp³-hybridized carbons (Fsp3) is 0.407. The van der Waals surface area contributed by atoms with Gasteiger partial charge >= 0.3 is 6.09 Å². The lowest BCUT2D eigenvalue weighted by molar-refractivity contribution is 0.0634. The molecule has 0 radical (unpaired) electrons. The van der Waals surface area contributed by atoms with E-state index in [1.165, 1.54) is 29.1 Å². The zero-order valence-electron chi connectivity index (χ0n) is 22.6. The van der Waals surface area contributed by atoms with Crippen LogP contribution in [0.4, 0.5) is 15.0 Å². The molecule has 1 aliphatic rings. The van der Waals surface area contributed by atoms with Crippen molar-refractivity contribution in [2.45, 2.75) is 53.2 Å². The molecule has 3 heterocycles. The average Bonchev–Trinajstić information content (AvgIpc) is 3.18. The number of amides is 1. The normalized spacial score (nSPS) is 14.6. The molecule has 0 fully saturated rings. The Morgan fingerprint density at radius 3 is 2.61 bits per heavy atom. The predicted molar refractivity (Wildman–Crippen MR) is 139 cm³/mol. The number of halogens is 1. The number of aryl methyl sites for hydroxylation is 1. The summed E-state index contributed by atoms with van der Waals surface area (Å²) in [6, 6.07) is 7.86. The number of hydrogen-bond acceptors (Lipinski definition) is 8. The van der Waals surface area contributed by atoms with Crippen LogP contribution in [0, 0.1) is 17.1 Å².